The quantitative estimate of drug-likeness (QED) is 0.822. The summed E-state index contributed by atoms with van der Waals surface area (Å²) < 4.78 is 7.59. The maximum atomic E-state index is 11.7. The van der Waals surface area contributed by atoms with Crippen molar-refractivity contribution in [3.63, 3.8) is 0 Å². The number of amides is 1. The number of carbonyl (C=O) groups is 1. The van der Waals surface area contributed by atoms with Gasteiger partial charge < -0.3 is 14.6 Å². The van der Waals surface area contributed by atoms with Crippen molar-refractivity contribution >= 4 is 16.8 Å². The van der Waals surface area contributed by atoms with E-state index in [0.29, 0.717) is 13.1 Å². The number of hydrogen-bond acceptors (Lipinski definition) is 2. The highest BCUT2D eigenvalue weighted by molar-refractivity contribution is 5.84. The summed E-state index contributed by atoms with van der Waals surface area (Å²) in [6, 6.07) is 7.89. The summed E-state index contributed by atoms with van der Waals surface area (Å²) in [6.45, 7) is 8.37. The van der Waals surface area contributed by atoms with E-state index in [4.69, 9.17) is 4.74 Å². The molecule has 0 fully saturated rings. The molecule has 0 aliphatic rings. The smallest absolute Gasteiger partial charge is 0.240 e. The summed E-state index contributed by atoms with van der Waals surface area (Å²) in [5.41, 5.74) is 1.02. The van der Waals surface area contributed by atoms with E-state index < -0.39 is 0 Å². The molecule has 0 spiro atoms. The van der Waals surface area contributed by atoms with Crippen LogP contribution in [0, 0.1) is 0 Å². The molecule has 1 heterocycles. The SMILES string of the molecule is C=CCNC(=O)Cn1ccc2cc(OC(C)C)ccc21. The van der Waals surface area contributed by atoms with Gasteiger partial charge in [-0.3, -0.25) is 4.79 Å². The van der Waals surface area contributed by atoms with E-state index in [1.807, 2.05) is 48.9 Å². The molecule has 20 heavy (non-hydrogen) atoms. The molecule has 0 saturated heterocycles. The van der Waals surface area contributed by atoms with Crippen molar-refractivity contribution in [2.24, 2.45) is 0 Å². The molecule has 0 unspecified atom stereocenters. The minimum atomic E-state index is -0.0232. The fraction of sp³-hybridized carbons (Fsp3) is 0.312. The van der Waals surface area contributed by atoms with Crippen LogP contribution in [0.25, 0.3) is 10.9 Å². The lowest BCUT2D eigenvalue weighted by molar-refractivity contribution is -0.121. The van der Waals surface area contributed by atoms with Crippen molar-refractivity contribution in [3.05, 3.63) is 43.1 Å². The van der Waals surface area contributed by atoms with Crippen LogP contribution in [0.1, 0.15) is 13.8 Å². The first-order valence-corrected chi connectivity index (χ1v) is 6.73. The van der Waals surface area contributed by atoms with Crippen molar-refractivity contribution in [2.75, 3.05) is 6.54 Å². The van der Waals surface area contributed by atoms with Crippen molar-refractivity contribution in [3.8, 4) is 5.75 Å². The zero-order valence-electron chi connectivity index (χ0n) is 11.9. The highest BCUT2D eigenvalue weighted by Crippen LogP contribution is 2.22. The van der Waals surface area contributed by atoms with E-state index in [-0.39, 0.29) is 12.0 Å². The van der Waals surface area contributed by atoms with Crippen LogP contribution in [0.15, 0.2) is 43.1 Å². The van der Waals surface area contributed by atoms with E-state index in [1.165, 1.54) is 0 Å². The third-order valence-corrected chi connectivity index (χ3v) is 2.87. The molecule has 2 rings (SSSR count). The van der Waals surface area contributed by atoms with Gasteiger partial charge in [-0.05, 0) is 38.1 Å². The number of aromatic nitrogens is 1. The third-order valence-electron chi connectivity index (χ3n) is 2.87. The van der Waals surface area contributed by atoms with Gasteiger partial charge in [0.25, 0.3) is 0 Å². The van der Waals surface area contributed by atoms with Gasteiger partial charge in [-0.25, -0.2) is 0 Å². The molecule has 4 heteroatoms. The first kappa shape index (κ1) is 14.2. The molecule has 0 aliphatic carbocycles. The topological polar surface area (TPSA) is 43.3 Å². The summed E-state index contributed by atoms with van der Waals surface area (Å²) in [5, 5.41) is 3.84. The average molecular weight is 272 g/mol. The lowest BCUT2D eigenvalue weighted by atomic mass is 10.2. The van der Waals surface area contributed by atoms with E-state index >= 15 is 0 Å². The number of benzene rings is 1. The molecule has 0 bridgehead atoms. The Morgan fingerprint density at radius 1 is 1.45 bits per heavy atom. The van der Waals surface area contributed by atoms with Crippen LogP contribution in [0.2, 0.25) is 0 Å². The molecule has 1 aromatic heterocycles. The van der Waals surface area contributed by atoms with E-state index in [0.717, 1.165) is 16.7 Å². The zero-order valence-corrected chi connectivity index (χ0v) is 11.9. The van der Waals surface area contributed by atoms with Crippen LogP contribution in [0.5, 0.6) is 5.75 Å². The standard InChI is InChI=1S/C16H20N2O2/c1-4-8-17-16(19)11-18-9-7-13-10-14(20-12(2)3)5-6-15(13)18/h4-7,9-10,12H,1,8,11H2,2-3H3,(H,17,19). The number of fused-ring (bicyclic) bond motifs is 1. The van der Waals surface area contributed by atoms with Gasteiger partial charge in [0.15, 0.2) is 0 Å². The Kier molecular flexibility index (Phi) is 4.45. The van der Waals surface area contributed by atoms with Crippen molar-refractivity contribution in [1.29, 1.82) is 0 Å². The van der Waals surface area contributed by atoms with Gasteiger partial charge in [0.2, 0.25) is 5.91 Å². The predicted molar refractivity (Wildman–Crippen MR) is 80.9 cm³/mol. The average Bonchev–Trinajstić information content (AvgIpc) is 2.78. The lowest BCUT2D eigenvalue weighted by Gasteiger charge is -2.10. The van der Waals surface area contributed by atoms with Crippen LogP contribution < -0.4 is 10.1 Å². The van der Waals surface area contributed by atoms with E-state index in [9.17, 15) is 4.79 Å². The molecular weight excluding hydrogens is 252 g/mol. The highest BCUT2D eigenvalue weighted by Gasteiger charge is 2.07. The lowest BCUT2D eigenvalue weighted by Crippen LogP contribution is -2.27. The van der Waals surface area contributed by atoms with Crippen LogP contribution in [0.4, 0.5) is 0 Å². The largest absolute Gasteiger partial charge is 0.491 e. The Morgan fingerprint density at radius 2 is 2.25 bits per heavy atom. The van der Waals surface area contributed by atoms with Gasteiger partial charge in [0, 0.05) is 23.6 Å². The number of nitrogens with one attached hydrogen (secondary N) is 1. The minimum absolute atomic E-state index is 0.0232. The Labute approximate surface area is 119 Å². The summed E-state index contributed by atoms with van der Waals surface area (Å²) in [4.78, 5) is 11.7. The highest BCUT2D eigenvalue weighted by atomic mass is 16.5. The molecule has 0 saturated carbocycles. The summed E-state index contributed by atoms with van der Waals surface area (Å²) in [6.07, 6.45) is 3.73. The predicted octanol–water partition coefficient (Wildman–Crippen LogP) is 2.73. The molecule has 1 N–H and O–H groups in total. The second-order valence-corrected chi connectivity index (χ2v) is 4.92. The van der Waals surface area contributed by atoms with Gasteiger partial charge in [-0.15, -0.1) is 6.58 Å². The molecule has 1 aromatic carbocycles. The first-order valence-electron chi connectivity index (χ1n) is 6.73. The number of hydrogen-bond donors (Lipinski definition) is 1. The normalized spacial score (nSPS) is 10.8. The van der Waals surface area contributed by atoms with Gasteiger partial charge in [-0.2, -0.15) is 0 Å². The monoisotopic (exact) mass is 272 g/mol. The van der Waals surface area contributed by atoms with E-state index in [2.05, 4.69) is 11.9 Å². The molecule has 4 nitrogen and oxygen atoms in total. The second-order valence-electron chi connectivity index (χ2n) is 4.92. The maximum Gasteiger partial charge on any atom is 0.240 e. The molecule has 1 amide bonds. The Hall–Kier alpha value is -2.23. The summed E-state index contributed by atoms with van der Waals surface area (Å²) in [5.74, 6) is 0.825. The van der Waals surface area contributed by atoms with E-state index in [1.54, 1.807) is 6.08 Å². The van der Waals surface area contributed by atoms with Gasteiger partial charge in [-0.1, -0.05) is 6.08 Å². The van der Waals surface area contributed by atoms with Gasteiger partial charge >= 0.3 is 0 Å². The summed E-state index contributed by atoms with van der Waals surface area (Å²) >= 11 is 0. The fourth-order valence-corrected chi connectivity index (χ4v) is 2.06. The third kappa shape index (κ3) is 3.41. The Morgan fingerprint density at radius 3 is 2.95 bits per heavy atom. The minimum Gasteiger partial charge on any atom is -0.491 e. The molecule has 0 aliphatic heterocycles. The second kappa shape index (κ2) is 6.28. The number of carbonyl (C=O) groups excluding carboxylic acids is 1. The molecule has 0 atom stereocenters. The zero-order chi connectivity index (χ0) is 14.5. The number of nitrogens with zero attached hydrogens (tertiary/aromatic N) is 1. The van der Waals surface area contributed by atoms with Gasteiger partial charge in [0.05, 0.1) is 6.10 Å². The van der Waals surface area contributed by atoms with Crippen LogP contribution in [-0.4, -0.2) is 23.1 Å². The Bertz CT molecular complexity index is 614. The van der Waals surface area contributed by atoms with Crippen molar-refractivity contribution in [2.45, 2.75) is 26.5 Å². The van der Waals surface area contributed by atoms with Gasteiger partial charge in [0.1, 0.15) is 12.3 Å². The molecule has 2 aromatic rings. The summed E-state index contributed by atoms with van der Waals surface area (Å²) in [7, 11) is 0. The van der Waals surface area contributed by atoms with Crippen LogP contribution in [0.3, 0.4) is 0 Å². The first-order chi connectivity index (χ1) is 9.60. The Balaban J connectivity index is 2.15. The number of ether oxygens (including phenoxy) is 1. The van der Waals surface area contributed by atoms with Crippen LogP contribution in [-0.2, 0) is 11.3 Å². The number of rotatable bonds is 6. The maximum absolute atomic E-state index is 11.7. The van der Waals surface area contributed by atoms with Crippen molar-refractivity contribution < 1.29 is 9.53 Å². The molecule has 106 valence electrons. The van der Waals surface area contributed by atoms with Crippen molar-refractivity contribution in [1.82, 2.24) is 9.88 Å². The van der Waals surface area contributed by atoms with Crippen LogP contribution >= 0.6 is 0 Å². The molecular formula is C16H20N2O2. The fourth-order valence-electron chi connectivity index (χ4n) is 2.06. The molecule has 0 radical (unpaired) electrons.